The molecule has 1 aromatic carbocycles. The molecule has 2 rings (SSSR count). The average Bonchev–Trinajstić information content (AvgIpc) is 2.99. The van der Waals surface area contributed by atoms with Crippen LogP contribution in [-0.2, 0) is 13.0 Å². The molecule has 1 unspecified atom stereocenters. The number of ether oxygens (including phenoxy) is 1. The summed E-state index contributed by atoms with van der Waals surface area (Å²) in [5, 5.41) is 4.04. The third kappa shape index (κ3) is 5.19. The van der Waals surface area contributed by atoms with Crippen molar-refractivity contribution >= 4 is 0 Å². The van der Waals surface area contributed by atoms with Crippen molar-refractivity contribution < 1.29 is 4.74 Å². The third-order valence-electron chi connectivity index (χ3n) is 3.71. The van der Waals surface area contributed by atoms with E-state index in [9.17, 15) is 0 Å². The van der Waals surface area contributed by atoms with Crippen LogP contribution in [0.5, 0.6) is 5.75 Å². The molecule has 0 aliphatic carbocycles. The van der Waals surface area contributed by atoms with Gasteiger partial charge in [0, 0.05) is 6.04 Å². The molecule has 2 aromatic rings. The van der Waals surface area contributed by atoms with Gasteiger partial charge in [-0.2, -0.15) is 5.10 Å². The molecule has 0 radical (unpaired) electrons. The van der Waals surface area contributed by atoms with Crippen LogP contribution in [0.1, 0.15) is 18.9 Å². The van der Waals surface area contributed by atoms with Crippen LogP contribution >= 0.6 is 0 Å². The van der Waals surface area contributed by atoms with Crippen molar-refractivity contribution in [1.29, 1.82) is 0 Å². The van der Waals surface area contributed by atoms with Crippen molar-refractivity contribution in [1.82, 2.24) is 19.7 Å². The number of rotatable bonds is 8. The summed E-state index contributed by atoms with van der Waals surface area (Å²) in [7, 11) is 4.24. The number of benzene rings is 1. The van der Waals surface area contributed by atoms with E-state index in [1.807, 2.05) is 12.1 Å². The summed E-state index contributed by atoms with van der Waals surface area (Å²) in [6.45, 7) is 3.56. The fraction of sp³-hybridized carbons (Fsp3) is 0.500. The normalized spacial score (nSPS) is 12.6. The molecule has 0 fully saturated rings. The molecule has 21 heavy (non-hydrogen) atoms. The topological polar surface area (TPSA) is 43.2 Å². The Kier molecular flexibility index (Phi) is 5.75. The molecular formula is C16H24N4O. The molecule has 0 saturated carbocycles. The first kappa shape index (κ1) is 15.5. The van der Waals surface area contributed by atoms with Gasteiger partial charge < -0.3 is 9.64 Å². The maximum absolute atomic E-state index is 5.70. The second-order valence-electron chi connectivity index (χ2n) is 5.50. The minimum absolute atomic E-state index is 0.598. The Morgan fingerprint density at radius 2 is 2.00 bits per heavy atom. The van der Waals surface area contributed by atoms with Gasteiger partial charge in [-0.3, -0.25) is 0 Å². The lowest BCUT2D eigenvalue weighted by molar-refractivity contribution is 0.290. The molecule has 5 nitrogen and oxygen atoms in total. The summed E-state index contributed by atoms with van der Waals surface area (Å²) < 4.78 is 7.46. The van der Waals surface area contributed by atoms with Crippen LogP contribution in [0.4, 0.5) is 0 Å². The van der Waals surface area contributed by atoms with E-state index in [1.165, 1.54) is 18.3 Å². The van der Waals surface area contributed by atoms with Gasteiger partial charge >= 0.3 is 0 Å². The fourth-order valence-electron chi connectivity index (χ4n) is 1.99. The quantitative estimate of drug-likeness (QED) is 0.747. The van der Waals surface area contributed by atoms with Crippen LogP contribution in [0.3, 0.4) is 0 Å². The molecule has 0 saturated heterocycles. The van der Waals surface area contributed by atoms with Gasteiger partial charge in [0.15, 0.2) is 0 Å². The molecular weight excluding hydrogens is 264 g/mol. The number of hydrogen-bond acceptors (Lipinski definition) is 4. The molecule has 1 atom stereocenters. The SMILES string of the molecule is CC(CCc1ccc(OCCn2cncn2)cc1)N(C)C. The Balaban J connectivity index is 1.73. The van der Waals surface area contributed by atoms with E-state index in [2.05, 4.69) is 48.1 Å². The largest absolute Gasteiger partial charge is 0.492 e. The van der Waals surface area contributed by atoms with Gasteiger partial charge in [-0.15, -0.1) is 0 Å². The number of aromatic nitrogens is 3. The molecule has 0 spiro atoms. The van der Waals surface area contributed by atoms with Gasteiger partial charge in [0.05, 0.1) is 6.54 Å². The molecule has 0 bridgehead atoms. The Hall–Kier alpha value is -1.88. The summed E-state index contributed by atoms with van der Waals surface area (Å²) in [6.07, 6.45) is 5.49. The summed E-state index contributed by atoms with van der Waals surface area (Å²) in [5.74, 6) is 0.902. The van der Waals surface area contributed by atoms with Gasteiger partial charge in [0.2, 0.25) is 0 Å². The van der Waals surface area contributed by atoms with Gasteiger partial charge in [-0.25, -0.2) is 9.67 Å². The van der Waals surface area contributed by atoms with E-state index < -0.39 is 0 Å². The summed E-state index contributed by atoms with van der Waals surface area (Å²) in [6, 6.07) is 8.97. The first-order chi connectivity index (χ1) is 10.1. The number of nitrogens with zero attached hydrogens (tertiary/aromatic N) is 4. The molecule has 0 aliphatic rings. The minimum Gasteiger partial charge on any atom is -0.492 e. The summed E-state index contributed by atoms with van der Waals surface area (Å²) in [5.41, 5.74) is 1.35. The highest BCUT2D eigenvalue weighted by Gasteiger charge is 2.04. The zero-order valence-electron chi connectivity index (χ0n) is 13.1. The summed E-state index contributed by atoms with van der Waals surface area (Å²) in [4.78, 5) is 6.15. The van der Waals surface area contributed by atoms with Crippen LogP contribution in [0.2, 0.25) is 0 Å². The number of hydrogen-bond donors (Lipinski definition) is 0. The maximum atomic E-state index is 5.70. The van der Waals surface area contributed by atoms with E-state index >= 15 is 0 Å². The lowest BCUT2D eigenvalue weighted by Gasteiger charge is -2.19. The monoisotopic (exact) mass is 288 g/mol. The third-order valence-corrected chi connectivity index (χ3v) is 3.71. The second kappa shape index (κ2) is 7.78. The zero-order chi connectivity index (χ0) is 15.1. The molecule has 0 N–H and O–H groups in total. The predicted molar refractivity (Wildman–Crippen MR) is 83.4 cm³/mol. The van der Waals surface area contributed by atoms with E-state index in [0.29, 0.717) is 19.2 Å². The standard InChI is InChI=1S/C16H24N4O/c1-14(19(2)3)4-5-15-6-8-16(9-7-15)21-11-10-20-13-17-12-18-20/h6-9,12-14H,4-5,10-11H2,1-3H3. The van der Waals surface area contributed by atoms with Crippen LogP contribution in [0, 0.1) is 0 Å². The van der Waals surface area contributed by atoms with Crippen LogP contribution in [0.25, 0.3) is 0 Å². The minimum atomic E-state index is 0.598. The molecule has 0 aliphatic heterocycles. The highest BCUT2D eigenvalue weighted by molar-refractivity contribution is 5.27. The molecule has 0 amide bonds. The van der Waals surface area contributed by atoms with E-state index in [1.54, 1.807) is 11.0 Å². The molecule has 114 valence electrons. The summed E-state index contributed by atoms with van der Waals surface area (Å²) >= 11 is 0. The second-order valence-corrected chi connectivity index (χ2v) is 5.50. The van der Waals surface area contributed by atoms with Crippen molar-refractivity contribution in [3.8, 4) is 5.75 Å². The molecule has 5 heteroatoms. The predicted octanol–water partition coefficient (Wildman–Crippen LogP) is 2.24. The van der Waals surface area contributed by atoms with Gasteiger partial charge in [0.1, 0.15) is 25.0 Å². The van der Waals surface area contributed by atoms with Crippen molar-refractivity contribution in [2.75, 3.05) is 20.7 Å². The highest BCUT2D eigenvalue weighted by atomic mass is 16.5. The molecule has 1 aromatic heterocycles. The van der Waals surface area contributed by atoms with E-state index in [-0.39, 0.29) is 0 Å². The van der Waals surface area contributed by atoms with Crippen molar-refractivity contribution in [3.05, 3.63) is 42.5 Å². The number of aryl methyl sites for hydroxylation is 1. The van der Waals surface area contributed by atoms with Crippen LogP contribution in [-0.4, -0.2) is 46.4 Å². The maximum Gasteiger partial charge on any atom is 0.137 e. The Morgan fingerprint density at radius 3 is 2.62 bits per heavy atom. The van der Waals surface area contributed by atoms with E-state index in [0.717, 1.165) is 12.2 Å². The average molecular weight is 288 g/mol. The Bertz CT molecular complexity index is 508. The first-order valence-electron chi connectivity index (χ1n) is 7.35. The van der Waals surface area contributed by atoms with Gasteiger partial charge in [-0.05, 0) is 51.6 Å². The highest BCUT2D eigenvalue weighted by Crippen LogP contribution is 2.14. The van der Waals surface area contributed by atoms with Crippen LogP contribution < -0.4 is 4.74 Å². The van der Waals surface area contributed by atoms with Crippen LogP contribution in [0.15, 0.2) is 36.9 Å². The molecule has 1 heterocycles. The van der Waals surface area contributed by atoms with Crippen molar-refractivity contribution in [2.24, 2.45) is 0 Å². The van der Waals surface area contributed by atoms with Gasteiger partial charge in [0.25, 0.3) is 0 Å². The Morgan fingerprint density at radius 1 is 1.24 bits per heavy atom. The van der Waals surface area contributed by atoms with Crippen molar-refractivity contribution in [3.63, 3.8) is 0 Å². The lowest BCUT2D eigenvalue weighted by Crippen LogP contribution is -2.24. The van der Waals surface area contributed by atoms with Gasteiger partial charge in [-0.1, -0.05) is 12.1 Å². The Labute approximate surface area is 126 Å². The lowest BCUT2D eigenvalue weighted by atomic mass is 10.1. The fourth-order valence-corrected chi connectivity index (χ4v) is 1.99. The van der Waals surface area contributed by atoms with E-state index in [4.69, 9.17) is 4.74 Å². The van der Waals surface area contributed by atoms with Crippen molar-refractivity contribution in [2.45, 2.75) is 32.4 Å². The smallest absolute Gasteiger partial charge is 0.137 e. The zero-order valence-corrected chi connectivity index (χ0v) is 13.1. The first-order valence-corrected chi connectivity index (χ1v) is 7.35.